The first-order valence-electron chi connectivity index (χ1n) is 14.1. The number of urea groups is 1. The van der Waals surface area contributed by atoms with Crippen LogP contribution in [-0.2, 0) is 27.5 Å². The monoisotopic (exact) mass is 644 g/mol. The van der Waals surface area contributed by atoms with Crippen LogP contribution in [0.1, 0.15) is 23.1 Å². The van der Waals surface area contributed by atoms with Crippen molar-refractivity contribution in [1.29, 1.82) is 0 Å². The molecule has 45 heavy (non-hydrogen) atoms. The number of sulfonamides is 1. The van der Waals surface area contributed by atoms with Gasteiger partial charge in [-0.25, -0.2) is 22.9 Å². The van der Waals surface area contributed by atoms with Gasteiger partial charge in [0.15, 0.2) is 0 Å². The second-order valence-corrected chi connectivity index (χ2v) is 11.9. The zero-order chi connectivity index (χ0) is 31.9. The van der Waals surface area contributed by atoms with Gasteiger partial charge in [-0.05, 0) is 42.3 Å². The molecule has 12 nitrogen and oxygen atoms in total. The van der Waals surface area contributed by atoms with Crippen LogP contribution in [0.3, 0.4) is 0 Å². The van der Waals surface area contributed by atoms with Crippen LogP contribution in [0.4, 0.5) is 41.1 Å². The maximum Gasteiger partial charge on any atom is 0.416 e. The highest BCUT2D eigenvalue weighted by molar-refractivity contribution is 7.89. The summed E-state index contributed by atoms with van der Waals surface area (Å²) in [6, 6.07) is 8.85. The molecule has 238 valence electrons. The van der Waals surface area contributed by atoms with Crippen molar-refractivity contribution in [2.24, 2.45) is 0 Å². The summed E-state index contributed by atoms with van der Waals surface area (Å²) in [4.78, 5) is 23.6. The van der Waals surface area contributed by atoms with E-state index < -0.39 is 27.8 Å². The molecule has 4 bridgehead atoms. The van der Waals surface area contributed by atoms with Crippen molar-refractivity contribution >= 4 is 39.2 Å². The number of aromatic nitrogens is 2. The fraction of sp³-hybridized carbons (Fsp3) is 0.345. The Balaban J connectivity index is 1.26. The molecule has 0 atom stereocenters. The highest BCUT2D eigenvalue weighted by Gasteiger charge is 2.31. The van der Waals surface area contributed by atoms with Gasteiger partial charge in [-0.1, -0.05) is 24.0 Å². The maximum atomic E-state index is 13.4. The van der Waals surface area contributed by atoms with E-state index in [1.807, 2.05) is 4.90 Å². The van der Waals surface area contributed by atoms with Crippen molar-refractivity contribution in [1.82, 2.24) is 24.9 Å². The number of amides is 2. The van der Waals surface area contributed by atoms with E-state index in [-0.39, 0.29) is 29.6 Å². The van der Waals surface area contributed by atoms with E-state index in [2.05, 4.69) is 47.8 Å². The van der Waals surface area contributed by atoms with E-state index in [4.69, 9.17) is 4.74 Å². The van der Waals surface area contributed by atoms with Gasteiger partial charge in [0.1, 0.15) is 5.82 Å². The van der Waals surface area contributed by atoms with Crippen molar-refractivity contribution in [2.75, 3.05) is 61.9 Å². The predicted molar refractivity (Wildman–Crippen MR) is 161 cm³/mol. The second-order valence-electron chi connectivity index (χ2n) is 10.2. The summed E-state index contributed by atoms with van der Waals surface area (Å²) in [6.07, 6.45) is -2.61. The third kappa shape index (κ3) is 8.82. The van der Waals surface area contributed by atoms with Crippen molar-refractivity contribution in [3.63, 3.8) is 0 Å². The molecule has 0 aliphatic carbocycles. The van der Waals surface area contributed by atoms with Gasteiger partial charge >= 0.3 is 12.2 Å². The Morgan fingerprint density at radius 2 is 1.93 bits per heavy atom. The molecule has 1 fully saturated rings. The van der Waals surface area contributed by atoms with Gasteiger partial charge in [-0.15, -0.1) is 0 Å². The van der Waals surface area contributed by atoms with Gasteiger partial charge in [0.05, 0.1) is 42.0 Å². The first-order valence-corrected chi connectivity index (χ1v) is 15.6. The Labute approximate surface area is 258 Å². The van der Waals surface area contributed by atoms with Crippen LogP contribution < -0.4 is 26.0 Å². The van der Waals surface area contributed by atoms with Crippen LogP contribution in [-0.4, -0.2) is 75.3 Å². The van der Waals surface area contributed by atoms with Crippen LogP contribution in [0.5, 0.6) is 0 Å². The number of nitrogens with one attached hydrogen (secondary N) is 5. The number of benzene rings is 2. The van der Waals surface area contributed by atoms with Gasteiger partial charge in [-0.3, -0.25) is 4.90 Å². The average Bonchev–Trinajstić information content (AvgIpc) is 3.01. The molecule has 0 saturated carbocycles. The Morgan fingerprint density at radius 1 is 1.11 bits per heavy atom. The number of halogens is 3. The van der Waals surface area contributed by atoms with Crippen molar-refractivity contribution < 1.29 is 31.1 Å². The molecule has 2 aliphatic heterocycles. The third-order valence-corrected chi connectivity index (χ3v) is 8.33. The summed E-state index contributed by atoms with van der Waals surface area (Å²) in [5.74, 6) is 6.33. The first-order chi connectivity index (χ1) is 21.6. The lowest BCUT2D eigenvalue weighted by Gasteiger charge is -2.27. The molecule has 1 aromatic heterocycles. The van der Waals surface area contributed by atoms with Gasteiger partial charge in [0.2, 0.25) is 16.0 Å². The Kier molecular flexibility index (Phi) is 10.0. The molecule has 2 aromatic carbocycles. The number of carbonyl (C=O) groups excluding carboxylic acids is 1. The molecule has 0 radical (unpaired) electrons. The highest BCUT2D eigenvalue weighted by Crippen LogP contribution is 2.33. The number of fused-ring (bicyclic) bond motifs is 4. The summed E-state index contributed by atoms with van der Waals surface area (Å²) in [6.45, 7) is 3.14. The van der Waals surface area contributed by atoms with Crippen molar-refractivity contribution in [3.05, 3.63) is 65.4 Å². The molecule has 3 heterocycles. The molecular weight excluding hydrogens is 613 g/mol. The average molecular weight is 645 g/mol. The molecule has 16 heteroatoms. The smallest absolute Gasteiger partial charge is 0.379 e. The summed E-state index contributed by atoms with van der Waals surface area (Å²) >= 11 is 0. The second kappa shape index (κ2) is 14.1. The highest BCUT2D eigenvalue weighted by atomic mass is 32.2. The fourth-order valence-corrected chi connectivity index (χ4v) is 5.68. The SMILES string of the molecule is O=C(NCC#Cc1cnc2nc1NCCCNS(=O)(=O)c1cccc(c1)N2)Nc1cc(C(F)(F)F)ccc1CN1CCOCC1. The van der Waals surface area contributed by atoms with Crippen molar-refractivity contribution in [2.45, 2.75) is 24.0 Å². The number of hydrogen-bond acceptors (Lipinski definition) is 9. The minimum atomic E-state index is -4.57. The number of carbonyl (C=O) groups is 1. The molecule has 1 saturated heterocycles. The number of alkyl halides is 3. The van der Waals surface area contributed by atoms with Crippen LogP contribution in [0.25, 0.3) is 0 Å². The summed E-state index contributed by atoms with van der Waals surface area (Å²) in [5, 5.41) is 11.2. The minimum Gasteiger partial charge on any atom is -0.379 e. The van der Waals surface area contributed by atoms with Crippen LogP contribution in [0.15, 0.2) is 53.6 Å². The van der Waals surface area contributed by atoms with E-state index in [1.165, 1.54) is 24.4 Å². The zero-order valence-electron chi connectivity index (χ0n) is 24.0. The summed E-state index contributed by atoms with van der Waals surface area (Å²) in [5.41, 5.74) is 0.640. The summed E-state index contributed by atoms with van der Waals surface area (Å²) in [7, 11) is -3.68. The van der Waals surface area contributed by atoms with E-state index in [1.54, 1.807) is 12.1 Å². The summed E-state index contributed by atoms with van der Waals surface area (Å²) < 4.78 is 73.2. The molecule has 2 aliphatic rings. The quantitative estimate of drug-likeness (QED) is 0.270. The van der Waals surface area contributed by atoms with Gasteiger partial charge < -0.3 is 26.0 Å². The number of hydrogen-bond donors (Lipinski definition) is 5. The van der Waals surface area contributed by atoms with E-state index in [0.29, 0.717) is 68.4 Å². The van der Waals surface area contributed by atoms with Gasteiger partial charge in [0.25, 0.3) is 0 Å². The topological polar surface area (TPSA) is 150 Å². The molecule has 5 N–H and O–H groups in total. The van der Waals surface area contributed by atoms with Crippen LogP contribution in [0, 0.1) is 11.8 Å². The van der Waals surface area contributed by atoms with Gasteiger partial charge in [-0.2, -0.15) is 18.2 Å². The Hall–Kier alpha value is -4.43. The normalized spacial score (nSPS) is 16.7. The lowest BCUT2D eigenvalue weighted by molar-refractivity contribution is -0.137. The van der Waals surface area contributed by atoms with E-state index in [0.717, 1.165) is 12.1 Å². The molecule has 0 unspecified atom stereocenters. The van der Waals surface area contributed by atoms with E-state index in [9.17, 15) is 26.4 Å². The molecule has 3 aromatic rings. The molecule has 0 spiro atoms. The fourth-order valence-electron chi connectivity index (χ4n) is 4.56. The third-order valence-electron chi connectivity index (χ3n) is 6.87. The van der Waals surface area contributed by atoms with Crippen LogP contribution >= 0.6 is 0 Å². The molecule has 5 rings (SSSR count). The number of ether oxygens (including phenoxy) is 1. The molecule has 2 amide bonds. The number of anilines is 4. The number of morpholine rings is 1. The molecular formula is C29H31F3N8O4S. The Morgan fingerprint density at radius 3 is 2.73 bits per heavy atom. The van der Waals surface area contributed by atoms with E-state index >= 15 is 0 Å². The zero-order valence-corrected chi connectivity index (χ0v) is 24.8. The van der Waals surface area contributed by atoms with Crippen molar-refractivity contribution in [3.8, 4) is 11.8 Å². The predicted octanol–water partition coefficient (Wildman–Crippen LogP) is 3.34. The standard InChI is InChI=1S/C29H31F3N8O4S/c30-29(31,32)22-8-7-21(19-40-12-14-44-15-13-40)25(16-22)38-28(41)34-9-2-4-20-18-35-27-37-23-5-1-6-24(17-23)45(42,43)36-11-3-10-33-26(20)39-27/h1,5-8,16-18,36H,3,9-15,19H2,(H2,34,38,41)(H2,33,35,37,39). The maximum absolute atomic E-state index is 13.4. The largest absolute Gasteiger partial charge is 0.416 e. The Bertz CT molecular complexity index is 1700. The number of nitrogens with zero attached hydrogens (tertiary/aromatic N) is 3. The lowest BCUT2D eigenvalue weighted by atomic mass is 10.1. The van der Waals surface area contributed by atoms with Gasteiger partial charge in [0, 0.05) is 44.1 Å². The minimum absolute atomic E-state index is 0.0570. The lowest BCUT2D eigenvalue weighted by Crippen LogP contribution is -2.36. The number of rotatable bonds is 4. The first kappa shape index (κ1) is 32.0. The van der Waals surface area contributed by atoms with Crippen LogP contribution in [0.2, 0.25) is 0 Å².